The van der Waals surface area contributed by atoms with E-state index in [2.05, 4.69) is 20.3 Å². The molecule has 7 nitrogen and oxygen atoms in total. The van der Waals surface area contributed by atoms with Crippen LogP contribution >= 0.6 is 24.0 Å². The van der Waals surface area contributed by atoms with Crippen molar-refractivity contribution in [1.29, 1.82) is 0 Å². The van der Waals surface area contributed by atoms with Gasteiger partial charge < -0.3 is 15.4 Å². The molecule has 9 heteroatoms. The third-order valence-corrected chi connectivity index (χ3v) is 3.83. The molecule has 0 aliphatic rings. The number of guanidine groups is 1. The lowest BCUT2D eigenvalue weighted by Gasteiger charge is -2.12. The number of hydrogen-bond acceptors (Lipinski definition) is 4. The van der Waals surface area contributed by atoms with Gasteiger partial charge in [0.1, 0.15) is 5.75 Å². The minimum atomic E-state index is -3.11. The van der Waals surface area contributed by atoms with Crippen molar-refractivity contribution in [2.45, 2.75) is 12.8 Å². The average molecular weight is 470 g/mol. The normalized spacial score (nSPS) is 11.5. The summed E-state index contributed by atoms with van der Waals surface area (Å²) in [6.07, 6.45) is 2.71. The number of nitrogens with one attached hydrogen (secondary N) is 3. The monoisotopic (exact) mass is 470 g/mol. The SMILES string of the molecule is CN=C(NCCCNS(C)(=O)=O)NCCc1ccc(OC)cc1.I. The van der Waals surface area contributed by atoms with Crippen molar-refractivity contribution >= 4 is 40.0 Å². The minimum absolute atomic E-state index is 0. The molecule has 0 bridgehead atoms. The number of nitrogens with zero attached hydrogens (tertiary/aromatic N) is 1. The molecule has 1 aromatic rings. The molecule has 0 amide bonds. The molecular formula is C15H27IN4O3S. The van der Waals surface area contributed by atoms with Gasteiger partial charge in [-0.3, -0.25) is 4.99 Å². The van der Waals surface area contributed by atoms with E-state index in [4.69, 9.17) is 4.74 Å². The Kier molecular flexibility index (Phi) is 11.8. The third kappa shape index (κ3) is 10.7. The van der Waals surface area contributed by atoms with E-state index in [1.165, 1.54) is 5.56 Å². The lowest BCUT2D eigenvalue weighted by Crippen LogP contribution is -2.39. The van der Waals surface area contributed by atoms with Gasteiger partial charge in [0.25, 0.3) is 0 Å². The number of aliphatic imine (C=N–C) groups is 1. The summed E-state index contributed by atoms with van der Waals surface area (Å²) in [6.45, 7) is 1.81. The molecule has 0 saturated carbocycles. The van der Waals surface area contributed by atoms with Gasteiger partial charge in [0.2, 0.25) is 10.0 Å². The fraction of sp³-hybridized carbons (Fsp3) is 0.533. The Labute approximate surface area is 161 Å². The maximum Gasteiger partial charge on any atom is 0.208 e. The first-order chi connectivity index (χ1) is 10.9. The van der Waals surface area contributed by atoms with Gasteiger partial charge in [0.05, 0.1) is 13.4 Å². The summed E-state index contributed by atoms with van der Waals surface area (Å²) in [6, 6.07) is 7.95. The van der Waals surface area contributed by atoms with E-state index in [1.807, 2.05) is 24.3 Å². The number of methoxy groups -OCH3 is 1. The molecule has 0 spiro atoms. The first-order valence-electron chi connectivity index (χ1n) is 7.46. The number of benzene rings is 1. The highest BCUT2D eigenvalue weighted by atomic mass is 127. The summed E-state index contributed by atoms with van der Waals surface area (Å²) < 4.78 is 29.4. The van der Waals surface area contributed by atoms with Gasteiger partial charge in [-0.2, -0.15) is 0 Å². The first-order valence-corrected chi connectivity index (χ1v) is 9.36. The highest BCUT2D eigenvalue weighted by Crippen LogP contribution is 2.11. The van der Waals surface area contributed by atoms with Gasteiger partial charge in [0, 0.05) is 26.7 Å². The second-order valence-corrected chi connectivity index (χ2v) is 6.88. The van der Waals surface area contributed by atoms with E-state index in [0.717, 1.165) is 25.0 Å². The molecule has 0 saturated heterocycles. The Morgan fingerprint density at radius 2 is 1.75 bits per heavy atom. The van der Waals surface area contributed by atoms with Crippen LogP contribution in [0.25, 0.3) is 0 Å². The zero-order chi connectivity index (χ0) is 17.1. The summed E-state index contributed by atoms with van der Waals surface area (Å²) in [5, 5.41) is 6.37. The largest absolute Gasteiger partial charge is 0.497 e. The Morgan fingerprint density at radius 3 is 2.29 bits per heavy atom. The van der Waals surface area contributed by atoms with Gasteiger partial charge in [-0.1, -0.05) is 12.1 Å². The molecule has 0 unspecified atom stereocenters. The van der Waals surface area contributed by atoms with Gasteiger partial charge in [0.15, 0.2) is 5.96 Å². The van der Waals surface area contributed by atoms with Crippen LogP contribution in [0.1, 0.15) is 12.0 Å². The fourth-order valence-electron chi connectivity index (χ4n) is 1.89. The highest BCUT2D eigenvalue weighted by Gasteiger charge is 2.01. The molecule has 3 N–H and O–H groups in total. The van der Waals surface area contributed by atoms with Crippen molar-refractivity contribution < 1.29 is 13.2 Å². The number of ether oxygens (including phenoxy) is 1. The van der Waals surface area contributed by atoms with E-state index < -0.39 is 10.0 Å². The molecule has 1 rings (SSSR count). The molecule has 138 valence electrons. The van der Waals surface area contributed by atoms with E-state index in [0.29, 0.717) is 25.5 Å². The highest BCUT2D eigenvalue weighted by molar-refractivity contribution is 14.0. The lowest BCUT2D eigenvalue weighted by atomic mass is 10.1. The zero-order valence-electron chi connectivity index (χ0n) is 14.3. The molecule has 0 aliphatic carbocycles. The molecule has 0 aromatic heterocycles. The molecule has 0 radical (unpaired) electrons. The topological polar surface area (TPSA) is 91.8 Å². The quantitative estimate of drug-likeness (QED) is 0.217. The van der Waals surface area contributed by atoms with Crippen molar-refractivity contribution in [3.63, 3.8) is 0 Å². The molecule has 0 fully saturated rings. The summed E-state index contributed by atoms with van der Waals surface area (Å²) in [4.78, 5) is 4.13. The van der Waals surface area contributed by atoms with Gasteiger partial charge in [-0.05, 0) is 30.5 Å². The number of halogens is 1. The van der Waals surface area contributed by atoms with E-state index in [-0.39, 0.29) is 24.0 Å². The molecule has 0 heterocycles. The zero-order valence-corrected chi connectivity index (χ0v) is 17.5. The van der Waals surface area contributed by atoms with Crippen molar-refractivity contribution in [2.24, 2.45) is 4.99 Å². The Morgan fingerprint density at radius 1 is 1.12 bits per heavy atom. The predicted molar refractivity (Wildman–Crippen MR) is 109 cm³/mol. The second-order valence-electron chi connectivity index (χ2n) is 5.04. The molecular weight excluding hydrogens is 443 g/mol. The molecule has 0 atom stereocenters. The Balaban J connectivity index is 0.00000529. The Hall–Kier alpha value is -1.07. The average Bonchev–Trinajstić information content (AvgIpc) is 2.52. The fourth-order valence-corrected chi connectivity index (χ4v) is 2.41. The Bertz CT molecular complexity index is 591. The van der Waals surface area contributed by atoms with Gasteiger partial charge in [-0.25, -0.2) is 13.1 Å². The van der Waals surface area contributed by atoms with E-state index >= 15 is 0 Å². The van der Waals surface area contributed by atoms with Crippen molar-refractivity contribution in [1.82, 2.24) is 15.4 Å². The van der Waals surface area contributed by atoms with Crippen LogP contribution in [0.5, 0.6) is 5.75 Å². The third-order valence-electron chi connectivity index (χ3n) is 3.10. The van der Waals surface area contributed by atoms with Crippen LogP contribution in [0, 0.1) is 0 Å². The summed E-state index contributed by atoms with van der Waals surface area (Å²) in [5.41, 5.74) is 1.21. The standard InChI is InChI=1S/C15H26N4O3S.HI/c1-16-15(17-10-4-11-19-23(3,20)21)18-12-9-13-5-7-14(22-2)8-6-13;/h5-8,19H,4,9-12H2,1-3H3,(H2,16,17,18);1H. The molecule has 0 aliphatic heterocycles. The van der Waals surface area contributed by atoms with Crippen LogP contribution in [0.4, 0.5) is 0 Å². The smallest absolute Gasteiger partial charge is 0.208 e. The maximum absolute atomic E-state index is 10.9. The molecule has 1 aromatic carbocycles. The van der Waals surface area contributed by atoms with E-state index in [1.54, 1.807) is 14.2 Å². The first kappa shape index (κ1) is 22.9. The van der Waals surface area contributed by atoms with Crippen LogP contribution < -0.4 is 20.1 Å². The summed E-state index contributed by atoms with van der Waals surface area (Å²) in [7, 11) is 0.243. The van der Waals surface area contributed by atoms with Crippen LogP contribution in [0.15, 0.2) is 29.3 Å². The van der Waals surface area contributed by atoms with Crippen molar-refractivity contribution in [3.05, 3.63) is 29.8 Å². The van der Waals surface area contributed by atoms with Crippen LogP contribution in [0.2, 0.25) is 0 Å². The lowest BCUT2D eigenvalue weighted by molar-refractivity contribution is 0.414. The van der Waals surface area contributed by atoms with Crippen LogP contribution in [-0.2, 0) is 16.4 Å². The van der Waals surface area contributed by atoms with Crippen LogP contribution in [0.3, 0.4) is 0 Å². The number of rotatable bonds is 9. The van der Waals surface area contributed by atoms with Crippen LogP contribution in [-0.4, -0.2) is 54.4 Å². The summed E-state index contributed by atoms with van der Waals surface area (Å²) in [5.74, 6) is 1.56. The molecule has 24 heavy (non-hydrogen) atoms. The minimum Gasteiger partial charge on any atom is -0.497 e. The van der Waals surface area contributed by atoms with Crippen molar-refractivity contribution in [3.8, 4) is 5.75 Å². The van der Waals surface area contributed by atoms with Gasteiger partial charge >= 0.3 is 0 Å². The number of hydrogen-bond donors (Lipinski definition) is 3. The maximum atomic E-state index is 10.9. The summed E-state index contributed by atoms with van der Waals surface area (Å²) >= 11 is 0. The second kappa shape index (κ2) is 12.3. The van der Waals surface area contributed by atoms with Crippen molar-refractivity contribution in [2.75, 3.05) is 40.0 Å². The van der Waals surface area contributed by atoms with E-state index in [9.17, 15) is 8.42 Å². The predicted octanol–water partition coefficient (Wildman–Crippen LogP) is 0.960. The van der Waals surface area contributed by atoms with Gasteiger partial charge in [-0.15, -0.1) is 24.0 Å². The number of sulfonamides is 1.